The van der Waals surface area contributed by atoms with Gasteiger partial charge in [-0.25, -0.2) is 0 Å². The number of esters is 1. The van der Waals surface area contributed by atoms with E-state index in [1.165, 1.54) is 6.42 Å². The van der Waals surface area contributed by atoms with E-state index < -0.39 is 0 Å². The summed E-state index contributed by atoms with van der Waals surface area (Å²) in [5, 5.41) is 0. The van der Waals surface area contributed by atoms with Crippen LogP contribution < -0.4 is 0 Å². The minimum Gasteiger partial charge on any atom is -0.465 e. The smallest absolute Gasteiger partial charge is 0.325 e. The predicted molar refractivity (Wildman–Crippen MR) is 60.8 cm³/mol. The Morgan fingerprint density at radius 3 is 2.44 bits per heavy atom. The lowest BCUT2D eigenvalue weighted by atomic mass is 9.82. The van der Waals surface area contributed by atoms with Gasteiger partial charge >= 0.3 is 5.97 Å². The van der Waals surface area contributed by atoms with Gasteiger partial charge in [0.15, 0.2) is 0 Å². The first-order valence-corrected chi connectivity index (χ1v) is 6.10. The molecule has 0 heterocycles. The van der Waals surface area contributed by atoms with Crippen LogP contribution in [-0.2, 0) is 14.3 Å². The Bertz CT molecular complexity index is 249. The van der Waals surface area contributed by atoms with Crippen molar-refractivity contribution in [1.29, 1.82) is 0 Å². The van der Waals surface area contributed by atoms with Crippen LogP contribution in [0.2, 0.25) is 0 Å². The molecule has 0 atom stereocenters. The number of amides is 1. The summed E-state index contributed by atoms with van der Waals surface area (Å²) in [6.07, 6.45) is 4.14. The molecule has 1 fully saturated rings. The molecule has 0 N–H and O–H groups in total. The van der Waals surface area contributed by atoms with Gasteiger partial charge in [0.25, 0.3) is 0 Å². The maximum atomic E-state index is 11.8. The van der Waals surface area contributed by atoms with Crippen molar-refractivity contribution in [2.75, 3.05) is 19.7 Å². The Kier molecular flexibility index (Phi) is 5.29. The lowest BCUT2D eigenvalue weighted by molar-refractivity contribution is -0.149. The molecule has 1 rings (SSSR count). The highest BCUT2D eigenvalue weighted by molar-refractivity contribution is 5.82. The van der Waals surface area contributed by atoms with Gasteiger partial charge in [-0.05, 0) is 32.6 Å². The number of nitrogens with zero attached hydrogens (tertiary/aromatic N) is 1. The maximum absolute atomic E-state index is 11.8. The largest absolute Gasteiger partial charge is 0.465 e. The molecule has 4 nitrogen and oxygen atoms in total. The van der Waals surface area contributed by atoms with Crippen molar-refractivity contribution in [3.05, 3.63) is 0 Å². The fourth-order valence-corrected chi connectivity index (χ4v) is 1.81. The Morgan fingerprint density at radius 2 is 2.00 bits per heavy atom. The fraction of sp³-hybridized carbons (Fsp3) is 0.833. The molecule has 1 aliphatic rings. The summed E-state index contributed by atoms with van der Waals surface area (Å²) in [7, 11) is 0. The highest BCUT2D eigenvalue weighted by Crippen LogP contribution is 2.29. The van der Waals surface area contributed by atoms with E-state index in [1.54, 1.807) is 11.8 Å². The fourth-order valence-electron chi connectivity index (χ4n) is 1.81. The molecule has 0 aromatic carbocycles. The molecule has 92 valence electrons. The van der Waals surface area contributed by atoms with Gasteiger partial charge in [-0.3, -0.25) is 9.59 Å². The van der Waals surface area contributed by atoms with Crippen LogP contribution in [-0.4, -0.2) is 36.5 Å². The molecular weight excluding hydrogens is 206 g/mol. The van der Waals surface area contributed by atoms with Crippen molar-refractivity contribution in [2.45, 2.75) is 39.5 Å². The van der Waals surface area contributed by atoms with Gasteiger partial charge in [-0.15, -0.1) is 0 Å². The normalized spacial score (nSPS) is 15.4. The third kappa shape index (κ3) is 3.83. The molecule has 0 spiro atoms. The standard InChI is InChI=1S/C12H21NO3/c1-3-13(9-12(15)16-4-2)11(14)8-10-6-5-7-10/h10H,3-9H2,1-2H3. The van der Waals surface area contributed by atoms with Crippen LogP contribution in [0.4, 0.5) is 0 Å². The topological polar surface area (TPSA) is 46.6 Å². The van der Waals surface area contributed by atoms with E-state index in [4.69, 9.17) is 4.74 Å². The maximum Gasteiger partial charge on any atom is 0.325 e. The van der Waals surface area contributed by atoms with Crippen LogP contribution in [0.1, 0.15) is 39.5 Å². The van der Waals surface area contributed by atoms with Crippen LogP contribution in [0.5, 0.6) is 0 Å². The molecule has 0 aromatic heterocycles. The second kappa shape index (κ2) is 6.51. The minimum atomic E-state index is -0.314. The van der Waals surface area contributed by atoms with Crippen molar-refractivity contribution in [3.63, 3.8) is 0 Å². The number of hydrogen-bond acceptors (Lipinski definition) is 3. The number of hydrogen-bond donors (Lipinski definition) is 0. The molecule has 1 saturated carbocycles. The number of ether oxygens (including phenoxy) is 1. The van der Waals surface area contributed by atoms with Crippen LogP contribution in [0, 0.1) is 5.92 Å². The Morgan fingerprint density at radius 1 is 1.31 bits per heavy atom. The molecule has 16 heavy (non-hydrogen) atoms. The van der Waals surface area contributed by atoms with Crippen molar-refractivity contribution < 1.29 is 14.3 Å². The van der Waals surface area contributed by atoms with E-state index in [1.807, 2.05) is 6.92 Å². The summed E-state index contributed by atoms with van der Waals surface area (Å²) in [5.41, 5.74) is 0. The third-order valence-corrected chi connectivity index (χ3v) is 3.05. The average molecular weight is 227 g/mol. The molecule has 4 heteroatoms. The first-order chi connectivity index (χ1) is 7.67. The van der Waals surface area contributed by atoms with Gasteiger partial charge in [0, 0.05) is 13.0 Å². The molecule has 0 radical (unpaired) electrons. The second-order valence-electron chi connectivity index (χ2n) is 4.21. The van der Waals surface area contributed by atoms with Gasteiger partial charge in [-0.1, -0.05) is 6.42 Å². The zero-order chi connectivity index (χ0) is 12.0. The number of rotatable bonds is 6. The molecule has 0 aliphatic heterocycles. The summed E-state index contributed by atoms with van der Waals surface area (Å²) >= 11 is 0. The summed E-state index contributed by atoms with van der Waals surface area (Å²) in [5.74, 6) is 0.315. The van der Waals surface area contributed by atoms with E-state index in [0.717, 1.165) is 12.8 Å². The molecule has 0 bridgehead atoms. The van der Waals surface area contributed by atoms with Crippen LogP contribution >= 0.6 is 0 Å². The molecular formula is C12H21NO3. The zero-order valence-electron chi connectivity index (χ0n) is 10.2. The Balaban J connectivity index is 2.33. The van der Waals surface area contributed by atoms with E-state index in [2.05, 4.69) is 0 Å². The van der Waals surface area contributed by atoms with E-state index in [0.29, 0.717) is 25.5 Å². The van der Waals surface area contributed by atoms with Gasteiger partial charge in [0.2, 0.25) is 5.91 Å². The SMILES string of the molecule is CCOC(=O)CN(CC)C(=O)CC1CCC1. The van der Waals surface area contributed by atoms with Gasteiger partial charge in [0.1, 0.15) is 6.54 Å². The number of carbonyl (C=O) groups is 2. The number of likely N-dealkylation sites (N-methyl/N-ethyl adjacent to an activating group) is 1. The van der Waals surface area contributed by atoms with Gasteiger partial charge < -0.3 is 9.64 Å². The molecule has 0 saturated heterocycles. The number of carbonyl (C=O) groups excluding carboxylic acids is 2. The van der Waals surface area contributed by atoms with E-state index in [9.17, 15) is 9.59 Å². The minimum absolute atomic E-state index is 0.0836. The summed E-state index contributed by atoms with van der Waals surface area (Å²) in [6, 6.07) is 0. The molecule has 0 aromatic rings. The quantitative estimate of drug-likeness (QED) is 0.647. The molecule has 0 unspecified atom stereocenters. The predicted octanol–water partition coefficient (Wildman–Crippen LogP) is 1.59. The van der Waals surface area contributed by atoms with Crippen molar-refractivity contribution in [2.24, 2.45) is 5.92 Å². The highest BCUT2D eigenvalue weighted by Gasteiger charge is 2.24. The first kappa shape index (κ1) is 13.0. The van der Waals surface area contributed by atoms with Crippen LogP contribution in [0.25, 0.3) is 0 Å². The molecule has 1 aliphatic carbocycles. The second-order valence-corrected chi connectivity index (χ2v) is 4.21. The lowest BCUT2D eigenvalue weighted by Crippen LogP contribution is -2.37. The van der Waals surface area contributed by atoms with Crippen molar-refractivity contribution >= 4 is 11.9 Å². The van der Waals surface area contributed by atoms with Gasteiger partial charge in [0.05, 0.1) is 6.61 Å². The van der Waals surface area contributed by atoms with E-state index in [-0.39, 0.29) is 18.4 Å². The summed E-state index contributed by atoms with van der Waals surface area (Å²) < 4.78 is 4.84. The van der Waals surface area contributed by atoms with Gasteiger partial charge in [-0.2, -0.15) is 0 Å². The lowest BCUT2D eigenvalue weighted by Gasteiger charge is -2.28. The Hall–Kier alpha value is -1.06. The molecule has 1 amide bonds. The zero-order valence-corrected chi connectivity index (χ0v) is 10.2. The summed E-state index contributed by atoms with van der Waals surface area (Å²) in [6.45, 7) is 4.69. The monoisotopic (exact) mass is 227 g/mol. The Labute approximate surface area is 96.9 Å². The first-order valence-electron chi connectivity index (χ1n) is 6.10. The van der Waals surface area contributed by atoms with E-state index >= 15 is 0 Å². The third-order valence-electron chi connectivity index (χ3n) is 3.05. The highest BCUT2D eigenvalue weighted by atomic mass is 16.5. The van der Waals surface area contributed by atoms with Crippen molar-refractivity contribution in [3.8, 4) is 0 Å². The van der Waals surface area contributed by atoms with Crippen LogP contribution in [0.15, 0.2) is 0 Å². The van der Waals surface area contributed by atoms with Crippen molar-refractivity contribution in [1.82, 2.24) is 4.90 Å². The summed E-state index contributed by atoms with van der Waals surface area (Å²) in [4.78, 5) is 24.7. The van der Waals surface area contributed by atoms with Crippen LogP contribution in [0.3, 0.4) is 0 Å². The average Bonchev–Trinajstić information content (AvgIpc) is 2.20.